The Hall–Kier alpha value is -3.46. The lowest BCUT2D eigenvalue weighted by Gasteiger charge is -2.31. The van der Waals surface area contributed by atoms with Gasteiger partial charge in [-0.15, -0.1) is 13.2 Å². The van der Waals surface area contributed by atoms with E-state index in [1.54, 1.807) is 12.2 Å². The fraction of sp³-hybridized carbons (Fsp3) is 0.500. The van der Waals surface area contributed by atoms with E-state index in [0.29, 0.717) is 39.3 Å². The van der Waals surface area contributed by atoms with Crippen LogP contribution in [0, 0.1) is 0 Å². The van der Waals surface area contributed by atoms with Crippen molar-refractivity contribution in [3.8, 4) is 0 Å². The average molecular weight is 669 g/mol. The zero-order chi connectivity index (χ0) is 34.1. The Balaban J connectivity index is 1.46. The van der Waals surface area contributed by atoms with E-state index in [4.69, 9.17) is 28.4 Å². The summed E-state index contributed by atoms with van der Waals surface area (Å²) in [5.74, 6) is -1.32. The first kappa shape index (κ1) is 37.4. The van der Waals surface area contributed by atoms with Crippen LogP contribution in [-0.2, 0) is 51.2 Å². The molecule has 262 valence electrons. The summed E-state index contributed by atoms with van der Waals surface area (Å²) in [6, 6.07) is 17.5. The van der Waals surface area contributed by atoms with Crippen molar-refractivity contribution < 1.29 is 48.2 Å². The summed E-state index contributed by atoms with van der Waals surface area (Å²) < 4.78 is 34.4. The second kappa shape index (κ2) is 20.1. The Bertz CT molecular complexity index is 1170. The molecule has 0 aromatic heterocycles. The van der Waals surface area contributed by atoms with Crippen LogP contribution in [0.5, 0.6) is 0 Å². The Morgan fingerprint density at radius 2 is 1.12 bits per heavy atom. The monoisotopic (exact) mass is 668 g/mol. The summed E-state index contributed by atoms with van der Waals surface area (Å²) in [7, 11) is 0. The zero-order valence-electron chi connectivity index (χ0n) is 27.2. The van der Waals surface area contributed by atoms with E-state index in [9.17, 15) is 19.8 Å². The fourth-order valence-electron chi connectivity index (χ4n) is 5.51. The molecule has 4 N–H and O–H groups in total. The SMILES string of the molecule is C=CCOC[C@@H]1C[C@H](NC(=O)[C@H](OCc2ccccc2)[C@H](O)[C@@H](O)[C@@H](OCc2ccccc2)C(=O)N[C@@H]2CO[C@H](COCC=C)C2)CO1. The van der Waals surface area contributed by atoms with Gasteiger partial charge in [0.15, 0.2) is 12.2 Å². The van der Waals surface area contributed by atoms with Crippen LogP contribution in [0.1, 0.15) is 24.0 Å². The minimum absolute atomic E-state index is 0.0294. The maximum absolute atomic E-state index is 13.6. The van der Waals surface area contributed by atoms with Crippen molar-refractivity contribution in [2.24, 2.45) is 0 Å². The van der Waals surface area contributed by atoms with Gasteiger partial charge in [0.1, 0.15) is 12.2 Å². The Labute approximate surface area is 282 Å². The molecule has 0 aliphatic carbocycles. The molecule has 2 aromatic carbocycles. The molecule has 48 heavy (non-hydrogen) atoms. The molecular weight excluding hydrogens is 620 g/mol. The number of nitrogens with one attached hydrogen (secondary N) is 2. The quantitative estimate of drug-likeness (QED) is 0.115. The summed E-state index contributed by atoms with van der Waals surface area (Å²) in [6.45, 7) is 9.15. The first-order valence-electron chi connectivity index (χ1n) is 16.3. The highest BCUT2D eigenvalue weighted by atomic mass is 16.5. The molecule has 2 aliphatic rings. The third kappa shape index (κ3) is 11.9. The third-order valence-electron chi connectivity index (χ3n) is 7.96. The van der Waals surface area contributed by atoms with E-state index >= 15 is 0 Å². The number of amides is 2. The van der Waals surface area contributed by atoms with Gasteiger partial charge in [0.25, 0.3) is 11.8 Å². The van der Waals surface area contributed by atoms with E-state index in [-0.39, 0.29) is 50.7 Å². The number of carbonyl (C=O) groups is 2. The van der Waals surface area contributed by atoms with Crippen LogP contribution < -0.4 is 10.6 Å². The van der Waals surface area contributed by atoms with Crippen molar-refractivity contribution in [1.82, 2.24) is 10.6 Å². The zero-order valence-corrected chi connectivity index (χ0v) is 27.2. The lowest BCUT2D eigenvalue weighted by atomic mass is 10.00. The minimum atomic E-state index is -1.84. The van der Waals surface area contributed by atoms with Gasteiger partial charge >= 0.3 is 0 Å². The average Bonchev–Trinajstić information content (AvgIpc) is 3.74. The van der Waals surface area contributed by atoms with Crippen molar-refractivity contribution in [1.29, 1.82) is 0 Å². The molecule has 0 radical (unpaired) electrons. The fourth-order valence-corrected chi connectivity index (χ4v) is 5.51. The molecule has 0 bridgehead atoms. The molecule has 0 unspecified atom stereocenters. The van der Waals surface area contributed by atoms with Gasteiger partial charge in [-0.25, -0.2) is 0 Å². The molecule has 4 rings (SSSR count). The normalized spacial score (nSPS) is 23.1. The number of ether oxygens (including phenoxy) is 6. The molecule has 2 aromatic rings. The van der Waals surface area contributed by atoms with E-state index in [0.717, 1.165) is 11.1 Å². The Morgan fingerprint density at radius 3 is 1.50 bits per heavy atom. The van der Waals surface area contributed by atoms with Crippen molar-refractivity contribution >= 4 is 11.8 Å². The van der Waals surface area contributed by atoms with Crippen LogP contribution in [0.15, 0.2) is 86.0 Å². The van der Waals surface area contributed by atoms with E-state index in [1.807, 2.05) is 60.7 Å². The smallest absolute Gasteiger partial charge is 0.252 e. The highest BCUT2D eigenvalue weighted by Crippen LogP contribution is 2.20. The number of hydrogen-bond donors (Lipinski definition) is 4. The third-order valence-corrected chi connectivity index (χ3v) is 7.96. The van der Waals surface area contributed by atoms with E-state index < -0.39 is 36.2 Å². The maximum Gasteiger partial charge on any atom is 0.252 e. The number of hydrogen-bond acceptors (Lipinski definition) is 10. The van der Waals surface area contributed by atoms with Gasteiger partial charge in [-0.05, 0) is 24.0 Å². The topological polar surface area (TPSA) is 154 Å². The summed E-state index contributed by atoms with van der Waals surface area (Å²) in [5.41, 5.74) is 1.51. The highest BCUT2D eigenvalue weighted by Gasteiger charge is 2.42. The molecule has 12 nitrogen and oxygen atoms in total. The first-order chi connectivity index (χ1) is 23.4. The predicted molar refractivity (Wildman–Crippen MR) is 177 cm³/mol. The molecule has 2 heterocycles. The van der Waals surface area contributed by atoms with Gasteiger partial charge in [0.05, 0.1) is 77.1 Å². The molecule has 2 saturated heterocycles. The van der Waals surface area contributed by atoms with Crippen LogP contribution in [-0.4, -0.2) is 110 Å². The minimum Gasteiger partial charge on any atom is -0.387 e. The van der Waals surface area contributed by atoms with E-state index in [2.05, 4.69) is 23.8 Å². The summed E-state index contributed by atoms with van der Waals surface area (Å²) in [5, 5.41) is 28.8. The molecular formula is C36H48N2O10. The van der Waals surface area contributed by atoms with Gasteiger partial charge in [-0.2, -0.15) is 0 Å². The van der Waals surface area contributed by atoms with Gasteiger partial charge in [-0.3, -0.25) is 9.59 Å². The van der Waals surface area contributed by atoms with Gasteiger partial charge < -0.3 is 49.3 Å². The van der Waals surface area contributed by atoms with Gasteiger partial charge in [0.2, 0.25) is 0 Å². The Kier molecular flexibility index (Phi) is 15.7. The first-order valence-corrected chi connectivity index (χ1v) is 16.3. The van der Waals surface area contributed by atoms with Crippen LogP contribution in [0.2, 0.25) is 0 Å². The van der Waals surface area contributed by atoms with Crippen LogP contribution in [0.3, 0.4) is 0 Å². The number of rotatable bonds is 21. The number of aliphatic hydroxyl groups is 2. The molecule has 2 amide bonds. The largest absolute Gasteiger partial charge is 0.387 e. The summed E-state index contributed by atoms with van der Waals surface area (Å²) >= 11 is 0. The van der Waals surface area contributed by atoms with Crippen molar-refractivity contribution in [2.75, 3.05) is 39.6 Å². The van der Waals surface area contributed by atoms with E-state index in [1.165, 1.54) is 0 Å². The molecule has 0 saturated carbocycles. The second-order valence-corrected chi connectivity index (χ2v) is 11.9. The Morgan fingerprint density at radius 1 is 0.729 bits per heavy atom. The summed E-state index contributed by atoms with van der Waals surface area (Å²) in [6.07, 6.45) is -2.95. The molecule has 8 atom stereocenters. The van der Waals surface area contributed by atoms with Gasteiger partial charge in [-0.1, -0.05) is 72.8 Å². The van der Waals surface area contributed by atoms with Crippen LogP contribution in [0.25, 0.3) is 0 Å². The van der Waals surface area contributed by atoms with Crippen molar-refractivity contribution in [2.45, 2.75) is 74.8 Å². The van der Waals surface area contributed by atoms with Crippen molar-refractivity contribution in [3.05, 3.63) is 97.1 Å². The highest BCUT2D eigenvalue weighted by molar-refractivity contribution is 5.84. The standard InChI is InChI=1S/C36H48N2O10/c1-3-15-43-23-29-17-27(21-45-29)37-35(41)33(47-19-25-11-7-5-8-12-25)31(39)32(40)34(48-20-26-13-9-6-10-14-26)36(42)38-28-18-30(46-22-28)24-44-16-4-2/h3-14,27-34,39-40H,1-2,15-24H2,(H,37,41)(H,38,42)/t27-,28-,29-,30-,31+,32+,33+,34+/m0/s1. The van der Waals surface area contributed by atoms with Crippen LogP contribution >= 0.6 is 0 Å². The number of benzene rings is 2. The predicted octanol–water partition coefficient (Wildman–Crippen LogP) is 1.83. The van der Waals surface area contributed by atoms with Crippen LogP contribution in [0.4, 0.5) is 0 Å². The molecule has 12 heteroatoms. The molecule has 0 spiro atoms. The maximum atomic E-state index is 13.6. The molecule has 2 aliphatic heterocycles. The lowest BCUT2D eigenvalue weighted by molar-refractivity contribution is -0.171. The summed E-state index contributed by atoms with van der Waals surface area (Å²) in [4.78, 5) is 27.3. The number of aliphatic hydroxyl groups excluding tert-OH is 2. The molecule has 2 fully saturated rings. The second-order valence-electron chi connectivity index (χ2n) is 11.9. The van der Waals surface area contributed by atoms with Gasteiger partial charge in [0, 0.05) is 0 Å². The number of carbonyl (C=O) groups excluding carboxylic acids is 2. The lowest BCUT2D eigenvalue weighted by Crippen LogP contribution is -2.57. The van der Waals surface area contributed by atoms with Crippen molar-refractivity contribution in [3.63, 3.8) is 0 Å².